The summed E-state index contributed by atoms with van der Waals surface area (Å²) in [7, 11) is 0. The number of nitrogens with zero attached hydrogens (tertiary/aromatic N) is 3. The second kappa shape index (κ2) is 7.02. The molecule has 2 fully saturated rings. The van der Waals surface area contributed by atoms with Crippen molar-refractivity contribution in [3.05, 3.63) is 17.7 Å². The van der Waals surface area contributed by atoms with Crippen LogP contribution in [0.1, 0.15) is 50.4 Å². The van der Waals surface area contributed by atoms with Gasteiger partial charge in [-0.15, -0.1) is 0 Å². The lowest BCUT2D eigenvalue weighted by molar-refractivity contribution is -0.151. The molecule has 0 bridgehead atoms. The molecule has 7 heteroatoms. The number of hydrogen-bond donors (Lipinski definition) is 1. The maximum atomic E-state index is 13.1. The zero-order chi connectivity index (χ0) is 18.1. The molecule has 7 nitrogen and oxygen atoms in total. The number of nitrogens with one attached hydrogen (secondary N) is 1. The van der Waals surface area contributed by atoms with Gasteiger partial charge in [-0.1, -0.05) is 6.42 Å². The van der Waals surface area contributed by atoms with Gasteiger partial charge in [-0.3, -0.25) is 9.59 Å². The summed E-state index contributed by atoms with van der Waals surface area (Å²) in [6.45, 7) is 4.62. The molecule has 0 radical (unpaired) electrons. The van der Waals surface area contributed by atoms with E-state index in [1.807, 2.05) is 11.8 Å². The number of carbonyl (C=O) groups is 2. The third-order valence-corrected chi connectivity index (χ3v) is 6.35. The number of hydrogen-bond acceptors (Lipinski definition) is 4. The van der Waals surface area contributed by atoms with Crippen molar-refractivity contribution < 1.29 is 14.3 Å². The van der Waals surface area contributed by atoms with Crippen LogP contribution in [0, 0.1) is 5.92 Å². The van der Waals surface area contributed by atoms with Crippen LogP contribution in [0.5, 0.6) is 0 Å². The summed E-state index contributed by atoms with van der Waals surface area (Å²) in [5.41, 5.74) is 1.81. The quantitative estimate of drug-likeness (QED) is 0.881. The van der Waals surface area contributed by atoms with Crippen molar-refractivity contribution in [3.63, 3.8) is 0 Å². The van der Waals surface area contributed by atoms with Crippen LogP contribution >= 0.6 is 0 Å². The van der Waals surface area contributed by atoms with Gasteiger partial charge in [-0.2, -0.15) is 0 Å². The fourth-order valence-electron chi connectivity index (χ4n) is 4.59. The van der Waals surface area contributed by atoms with Crippen molar-refractivity contribution in [2.75, 3.05) is 32.8 Å². The Balaban J connectivity index is 1.55. The first kappa shape index (κ1) is 17.5. The fourth-order valence-corrected chi connectivity index (χ4v) is 4.59. The van der Waals surface area contributed by atoms with E-state index in [9.17, 15) is 9.59 Å². The van der Waals surface area contributed by atoms with Crippen LogP contribution < -0.4 is 0 Å². The lowest BCUT2D eigenvalue weighted by atomic mass is 9.76. The van der Waals surface area contributed by atoms with E-state index >= 15 is 0 Å². The summed E-state index contributed by atoms with van der Waals surface area (Å²) in [6.07, 6.45) is 7.27. The topological polar surface area (TPSA) is 78.5 Å². The molecule has 3 aliphatic rings. The van der Waals surface area contributed by atoms with Gasteiger partial charge in [-0.05, 0) is 32.6 Å². The molecule has 142 valence electrons. The predicted octanol–water partition coefficient (Wildman–Crippen LogP) is 1.45. The first-order chi connectivity index (χ1) is 12.7. The molecule has 1 spiro atoms. The Morgan fingerprint density at radius 1 is 1.31 bits per heavy atom. The number of imidazole rings is 1. The number of ether oxygens (including phenoxy) is 1. The van der Waals surface area contributed by atoms with Crippen molar-refractivity contribution >= 4 is 11.8 Å². The summed E-state index contributed by atoms with van der Waals surface area (Å²) in [5, 5.41) is 0. The fraction of sp³-hybridized carbons (Fsp3) is 0.737. The van der Waals surface area contributed by atoms with Gasteiger partial charge < -0.3 is 19.5 Å². The second-order valence-electron chi connectivity index (χ2n) is 7.65. The van der Waals surface area contributed by atoms with Gasteiger partial charge in [0.2, 0.25) is 11.8 Å². The Morgan fingerprint density at radius 2 is 2.08 bits per heavy atom. The van der Waals surface area contributed by atoms with Crippen molar-refractivity contribution in [2.24, 2.45) is 5.92 Å². The average molecular weight is 360 g/mol. The molecule has 0 unspecified atom stereocenters. The zero-order valence-corrected chi connectivity index (χ0v) is 15.5. The van der Waals surface area contributed by atoms with Gasteiger partial charge in [0, 0.05) is 44.3 Å². The van der Waals surface area contributed by atoms with E-state index < -0.39 is 0 Å². The van der Waals surface area contributed by atoms with Gasteiger partial charge in [0.15, 0.2) is 0 Å². The summed E-state index contributed by atoms with van der Waals surface area (Å²) >= 11 is 0. The molecule has 1 aromatic rings. The summed E-state index contributed by atoms with van der Waals surface area (Å²) < 4.78 is 5.27. The maximum Gasteiger partial charge on any atom is 0.248 e. The smallest absolute Gasteiger partial charge is 0.248 e. The van der Waals surface area contributed by atoms with Crippen LogP contribution in [0.25, 0.3) is 0 Å². The van der Waals surface area contributed by atoms with Crippen molar-refractivity contribution in [1.82, 2.24) is 19.8 Å². The van der Waals surface area contributed by atoms with E-state index in [0.717, 1.165) is 56.5 Å². The van der Waals surface area contributed by atoms with Gasteiger partial charge in [0.25, 0.3) is 0 Å². The summed E-state index contributed by atoms with van der Waals surface area (Å²) in [4.78, 5) is 37.3. The van der Waals surface area contributed by atoms with E-state index in [-0.39, 0.29) is 24.0 Å². The SMILES string of the molecule is CCOCC(=O)N1CCC2(CC1)c1nc[nH]c1CCN2C(=O)C1CCC1. The number of H-pyrrole nitrogens is 1. The number of aromatic nitrogens is 2. The highest BCUT2D eigenvalue weighted by Crippen LogP contribution is 2.44. The Kier molecular flexibility index (Phi) is 4.73. The number of likely N-dealkylation sites (tertiary alicyclic amines) is 1. The Bertz CT molecular complexity index is 674. The normalized spacial score (nSPS) is 22.2. The Hall–Kier alpha value is -1.89. The lowest BCUT2D eigenvalue weighted by Crippen LogP contribution is -2.60. The lowest BCUT2D eigenvalue weighted by Gasteiger charge is -2.51. The molecule has 1 saturated carbocycles. The minimum atomic E-state index is -0.358. The Morgan fingerprint density at radius 3 is 2.73 bits per heavy atom. The number of piperidine rings is 1. The summed E-state index contributed by atoms with van der Waals surface area (Å²) in [5.74, 6) is 0.514. The highest BCUT2D eigenvalue weighted by molar-refractivity contribution is 5.81. The minimum Gasteiger partial charge on any atom is -0.372 e. The van der Waals surface area contributed by atoms with Crippen molar-refractivity contribution in [1.29, 1.82) is 0 Å². The maximum absolute atomic E-state index is 13.1. The number of aromatic amines is 1. The van der Waals surface area contributed by atoms with Gasteiger partial charge in [0.1, 0.15) is 6.61 Å². The minimum absolute atomic E-state index is 0.0385. The van der Waals surface area contributed by atoms with Crippen LogP contribution in [0.2, 0.25) is 0 Å². The van der Waals surface area contributed by atoms with E-state index in [4.69, 9.17) is 4.74 Å². The van der Waals surface area contributed by atoms with E-state index in [1.165, 1.54) is 0 Å². The third-order valence-electron chi connectivity index (χ3n) is 6.35. The first-order valence-corrected chi connectivity index (χ1v) is 9.85. The van der Waals surface area contributed by atoms with Crippen LogP contribution in [0.3, 0.4) is 0 Å². The molecule has 4 rings (SSSR count). The number of carbonyl (C=O) groups excluding carboxylic acids is 2. The van der Waals surface area contributed by atoms with Crippen molar-refractivity contribution in [2.45, 2.75) is 51.0 Å². The molecule has 3 heterocycles. The molecule has 1 aliphatic carbocycles. The van der Waals surface area contributed by atoms with Crippen LogP contribution in [-0.2, 0) is 26.3 Å². The molecule has 0 atom stereocenters. The Labute approximate surface area is 154 Å². The largest absolute Gasteiger partial charge is 0.372 e. The molecular formula is C19H28N4O3. The molecule has 1 saturated heterocycles. The standard InChI is InChI=1S/C19H28N4O3/c1-2-26-12-16(24)22-10-7-19(8-11-22)17-15(20-13-21-17)6-9-23(19)18(25)14-4-3-5-14/h13-14H,2-12H2,1H3,(H,20,21). The predicted molar refractivity (Wildman–Crippen MR) is 95.3 cm³/mol. The van der Waals surface area contributed by atoms with E-state index in [1.54, 1.807) is 6.33 Å². The molecule has 2 aliphatic heterocycles. The highest BCUT2D eigenvalue weighted by atomic mass is 16.5. The van der Waals surface area contributed by atoms with Crippen LogP contribution in [0.15, 0.2) is 6.33 Å². The number of amides is 2. The molecular weight excluding hydrogens is 332 g/mol. The molecule has 0 aromatic carbocycles. The van der Waals surface area contributed by atoms with Crippen molar-refractivity contribution in [3.8, 4) is 0 Å². The first-order valence-electron chi connectivity index (χ1n) is 9.85. The second-order valence-corrected chi connectivity index (χ2v) is 7.65. The monoisotopic (exact) mass is 360 g/mol. The zero-order valence-electron chi connectivity index (χ0n) is 15.5. The van der Waals surface area contributed by atoms with Gasteiger partial charge in [-0.25, -0.2) is 4.98 Å². The molecule has 2 amide bonds. The van der Waals surface area contributed by atoms with E-state index in [0.29, 0.717) is 25.6 Å². The van der Waals surface area contributed by atoms with Crippen LogP contribution in [-0.4, -0.2) is 64.4 Å². The van der Waals surface area contributed by atoms with E-state index in [2.05, 4.69) is 14.9 Å². The highest BCUT2D eigenvalue weighted by Gasteiger charge is 2.50. The van der Waals surface area contributed by atoms with Gasteiger partial charge in [0.05, 0.1) is 17.6 Å². The molecule has 1 aromatic heterocycles. The number of fused-ring (bicyclic) bond motifs is 2. The average Bonchev–Trinajstić information content (AvgIpc) is 3.09. The third kappa shape index (κ3) is 2.82. The molecule has 1 N–H and O–H groups in total. The van der Waals surface area contributed by atoms with Gasteiger partial charge >= 0.3 is 0 Å². The number of rotatable bonds is 4. The molecule has 26 heavy (non-hydrogen) atoms. The van der Waals surface area contributed by atoms with Crippen LogP contribution in [0.4, 0.5) is 0 Å². The summed E-state index contributed by atoms with van der Waals surface area (Å²) in [6, 6.07) is 0.